The lowest BCUT2D eigenvalue weighted by atomic mass is 9.82. The van der Waals surface area contributed by atoms with Crippen LogP contribution in [0.1, 0.15) is 18.5 Å². The summed E-state index contributed by atoms with van der Waals surface area (Å²) in [7, 11) is 1.88. The molecule has 0 atom stereocenters. The third-order valence-corrected chi connectivity index (χ3v) is 2.90. The summed E-state index contributed by atoms with van der Waals surface area (Å²) in [6.45, 7) is 0.929. The predicted molar refractivity (Wildman–Crippen MR) is 58.1 cm³/mol. The Kier molecular flexibility index (Phi) is 3.70. The Morgan fingerprint density at radius 1 is 1.33 bits per heavy atom. The van der Waals surface area contributed by atoms with Gasteiger partial charge >= 0.3 is 6.18 Å². The molecular formula is C11H14F3N3O. The van der Waals surface area contributed by atoms with Gasteiger partial charge in [0.2, 0.25) is 5.88 Å². The van der Waals surface area contributed by atoms with E-state index in [1.165, 1.54) is 6.07 Å². The van der Waals surface area contributed by atoms with Crippen LogP contribution in [0, 0.1) is 5.92 Å². The Hall–Kier alpha value is -1.37. The van der Waals surface area contributed by atoms with Gasteiger partial charge in [-0.3, -0.25) is 0 Å². The molecule has 1 fully saturated rings. The van der Waals surface area contributed by atoms with Crippen molar-refractivity contribution >= 4 is 0 Å². The van der Waals surface area contributed by atoms with Crippen LogP contribution in [0.3, 0.4) is 0 Å². The van der Waals surface area contributed by atoms with Crippen molar-refractivity contribution in [3.63, 3.8) is 0 Å². The van der Waals surface area contributed by atoms with Crippen molar-refractivity contribution < 1.29 is 17.9 Å². The average Bonchev–Trinajstić information content (AvgIpc) is 2.26. The molecule has 1 aliphatic rings. The topological polar surface area (TPSA) is 47.0 Å². The summed E-state index contributed by atoms with van der Waals surface area (Å²) in [6.07, 6.45) is -2.64. The summed E-state index contributed by atoms with van der Waals surface area (Å²) >= 11 is 0. The van der Waals surface area contributed by atoms with E-state index in [-0.39, 0.29) is 12.0 Å². The van der Waals surface area contributed by atoms with E-state index in [1.54, 1.807) is 0 Å². The molecule has 4 nitrogen and oxygen atoms in total. The van der Waals surface area contributed by atoms with Gasteiger partial charge in [0, 0.05) is 6.07 Å². The average molecular weight is 261 g/mol. The van der Waals surface area contributed by atoms with E-state index in [2.05, 4.69) is 15.5 Å². The maximum absolute atomic E-state index is 12.2. The molecule has 1 aromatic rings. The molecule has 0 unspecified atom stereocenters. The molecule has 0 aliphatic heterocycles. The molecule has 0 spiro atoms. The molecule has 1 aliphatic carbocycles. The highest BCUT2D eigenvalue weighted by molar-refractivity contribution is 5.14. The lowest BCUT2D eigenvalue weighted by Crippen LogP contribution is -2.38. The highest BCUT2D eigenvalue weighted by Crippen LogP contribution is 2.31. The van der Waals surface area contributed by atoms with Crippen LogP contribution in [0.25, 0.3) is 0 Å². The molecule has 0 aromatic carbocycles. The third-order valence-electron chi connectivity index (χ3n) is 2.90. The molecule has 100 valence electrons. The number of nitrogens with zero attached hydrogens (tertiary/aromatic N) is 2. The lowest BCUT2D eigenvalue weighted by molar-refractivity contribution is -0.141. The number of ether oxygens (including phenoxy) is 1. The van der Waals surface area contributed by atoms with E-state index in [1.807, 2.05) is 7.05 Å². The molecule has 0 amide bonds. The second kappa shape index (κ2) is 5.09. The van der Waals surface area contributed by atoms with Crippen LogP contribution in [0.15, 0.2) is 12.1 Å². The minimum absolute atomic E-state index is 0.0365. The largest absolute Gasteiger partial charge is 0.473 e. The molecular weight excluding hydrogens is 247 g/mol. The SMILES string of the molecule is CNCC1CC(Oc2ccc(C(F)(F)F)nn2)C1. The smallest absolute Gasteiger partial charge is 0.435 e. The normalized spacial score (nSPS) is 23.6. The quantitative estimate of drug-likeness (QED) is 0.898. The van der Waals surface area contributed by atoms with Gasteiger partial charge in [-0.1, -0.05) is 0 Å². The van der Waals surface area contributed by atoms with Gasteiger partial charge in [0.15, 0.2) is 5.69 Å². The first-order valence-corrected chi connectivity index (χ1v) is 5.71. The minimum atomic E-state index is -4.46. The molecule has 1 aromatic heterocycles. The standard InChI is InChI=1S/C11H14F3N3O/c1-15-6-7-4-8(5-7)18-10-3-2-9(16-17-10)11(12,13)14/h2-3,7-8,15H,4-6H2,1H3. The maximum atomic E-state index is 12.2. The van der Waals surface area contributed by atoms with Crippen molar-refractivity contribution in [3.8, 4) is 5.88 Å². The van der Waals surface area contributed by atoms with Gasteiger partial charge in [-0.2, -0.15) is 13.2 Å². The van der Waals surface area contributed by atoms with E-state index < -0.39 is 11.9 Å². The van der Waals surface area contributed by atoms with Crippen LogP contribution in [0.4, 0.5) is 13.2 Å². The Balaban J connectivity index is 1.85. The molecule has 1 saturated carbocycles. The van der Waals surface area contributed by atoms with Gasteiger partial charge in [0.05, 0.1) is 0 Å². The lowest BCUT2D eigenvalue weighted by Gasteiger charge is -2.34. The Morgan fingerprint density at radius 3 is 2.56 bits per heavy atom. The van der Waals surface area contributed by atoms with Crippen molar-refractivity contribution in [2.45, 2.75) is 25.1 Å². The summed E-state index contributed by atoms with van der Waals surface area (Å²) in [5.41, 5.74) is -1.00. The molecule has 0 saturated heterocycles. The van der Waals surface area contributed by atoms with Crippen LogP contribution in [0.5, 0.6) is 5.88 Å². The zero-order valence-corrected chi connectivity index (χ0v) is 9.87. The van der Waals surface area contributed by atoms with Crippen LogP contribution in [-0.2, 0) is 6.18 Å². The summed E-state index contributed by atoms with van der Waals surface area (Å²) in [4.78, 5) is 0. The summed E-state index contributed by atoms with van der Waals surface area (Å²) in [6, 6.07) is 2.09. The number of rotatable bonds is 4. The molecule has 7 heteroatoms. The van der Waals surface area contributed by atoms with Crippen molar-refractivity contribution in [3.05, 3.63) is 17.8 Å². The molecule has 1 heterocycles. The first-order chi connectivity index (χ1) is 8.49. The Labute approximate surface area is 103 Å². The number of halogens is 3. The second-order valence-electron chi connectivity index (χ2n) is 4.39. The van der Waals surface area contributed by atoms with Crippen molar-refractivity contribution in [2.24, 2.45) is 5.92 Å². The zero-order valence-electron chi connectivity index (χ0n) is 9.87. The van der Waals surface area contributed by atoms with Crippen molar-refractivity contribution in [2.75, 3.05) is 13.6 Å². The van der Waals surface area contributed by atoms with Gasteiger partial charge in [-0.05, 0) is 38.4 Å². The predicted octanol–water partition coefficient (Wildman–Crippen LogP) is 1.87. The zero-order chi connectivity index (χ0) is 13.2. The first-order valence-electron chi connectivity index (χ1n) is 5.71. The Morgan fingerprint density at radius 2 is 2.06 bits per heavy atom. The maximum Gasteiger partial charge on any atom is 0.435 e. The highest BCUT2D eigenvalue weighted by atomic mass is 19.4. The molecule has 2 rings (SSSR count). The highest BCUT2D eigenvalue weighted by Gasteiger charge is 2.34. The van der Waals surface area contributed by atoms with Crippen molar-refractivity contribution in [1.82, 2.24) is 15.5 Å². The fraction of sp³-hybridized carbons (Fsp3) is 0.636. The van der Waals surface area contributed by atoms with E-state index in [0.717, 1.165) is 25.5 Å². The van der Waals surface area contributed by atoms with E-state index in [0.29, 0.717) is 5.92 Å². The van der Waals surface area contributed by atoms with E-state index in [9.17, 15) is 13.2 Å². The monoisotopic (exact) mass is 261 g/mol. The van der Waals surface area contributed by atoms with E-state index in [4.69, 9.17) is 4.74 Å². The fourth-order valence-corrected chi connectivity index (χ4v) is 1.93. The molecule has 0 radical (unpaired) electrons. The van der Waals surface area contributed by atoms with Gasteiger partial charge in [0.25, 0.3) is 0 Å². The number of hydrogen-bond acceptors (Lipinski definition) is 4. The van der Waals surface area contributed by atoms with Gasteiger partial charge < -0.3 is 10.1 Å². The van der Waals surface area contributed by atoms with Gasteiger partial charge in [-0.25, -0.2) is 0 Å². The van der Waals surface area contributed by atoms with Crippen LogP contribution in [0.2, 0.25) is 0 Å². The number of aromatic nitrogens is 2. The minimum Gasteiger partial charge on any atom is -0.473 e. The third kappa shape index (κ3) is 3.10. The molecule has 1 N–H and O–H groups in total. The first kappa shape index (κ1) is 13.1. The number of hydrogen-bond donors (Lipinski definition) is 1. The Bertz CT molecular complexity index is 388. The van der Waals surface area contributed by atoms with Crippen LogP contribution < -0.4 is 10.1 Å². The van der Waals surface area contributed by atoms with Gasteiger partial charge in [0.1, 0.15) is 6.10 Å². The number of nitrogens with one attached hydrogen (secondary N) is 1. The second-order valence-corrected chi connectivity index (χ2v) is 4.39. The molecule has 18 heavy (non-hydrogen) atoms. The summed E-state index contributed by atoms with van der Waals surface area (Å²) < 4.78 is 42.2. The molecule has 0 bridgehead atoms. The van der Waals surface area contributed by atoms with Gasteiger partial charge in [-0.15, -0.1) is 10.2 Å². The van der Waals surface area contributed by atoms with Crippen molar-refractivity contribution in [1.29, 1.82) is 0 Å². The summed E-state index contributed by atoms with van der Waals surface area (Å²) in [5.74, 6) is 0.721. The van der Waals surface area contributed by atoms with Crippen LogP contribution >= 0.6 is 0 Å². The summed E-state index contributed by atoms with van der Waals surface area (Å²) in [5, 5.41) is 9.60. The fourth-order valence-electron chi connectivity index (χ4n) is 1.93. The number of alkyl halides is 3. The van der Waals surface area contributed by atoms with Crippen LogP contribution in [-0.4, -0.2) is 29.9 Å². The van der Waals surface area contributed by atoms with E-state index >= 15 is 0 Å².